The van der Waals surface area contributed by atoms with Gasteiger partial charge >= 0.3 is 0 Å². The lowest BCUT2D eigenvalue weighted by atomic mass is 10.1. The van der Waals surface area contributed by atoms with Gasteiger partial charge in [-0.05, 0) is 50.8 Å². The normalized spacial score (nSPS) is 19.7. The molecule has 0 radical (unpaired) electrons. The van der Waals surface area contributed by atoms with Crippen molar-refractivity contribution in [2.75, 3.05) is 59.5 Å². The Labute approximate surface area is 183 Å². The molecule has 0 atom stereocenters. The number of nitrogens with one attached hydrogen (secondary N) is 2. The number of guanidine groups is 1. The Morgan fingerprint density at radius 2 is 1.70 bits per heavy atom. The molecule has 2 aliphatic heterocycles. The molecule has 1 aromatic carbocycles. The van der Waals surface area contributed by atoms with Crippen LogP contribution in [0.4, 0.5) is 0 Å². The number of ether oxygens (including phenoxy) is 1. The maximum absolute atomic E-state index is 6.12. The Balaban J connectivity index is 1.19. The van der Waals surface area contributed by atoms with Gasteiger partial charge in [0.2, 0.25) is 0 Å². The third kappa shape index (κ3) is 8.62. The van der Waals surface area contributed by atoms with E-state index in [1.807, 2.05) is 7.05 Å². The van der Waals surface area contributed by atoms with Gasteiger partial charge in [0.15, 0.2) is 5.96 Å². The lowest BCUT2D eigenvalue weighted by molar-refractivity contribution is 0.00534. The fourth-order valence-corrected chi connectivity index (χ4v) is 4.34. The quantitative estimate of drug-likeness (QED) is 0.350. The van der Waals surface area contributed by atoms with Crippen molar-refractivity contribution in [2.24, 2.45) is 4.99 Å². The summed E-state index contributed by atoms with van der Waals surface area (Å²) in [7, 11) is 1.84. The Morgan fingerprint density at radius 1 is 0.967 bits per heavy atom. The molecule has 2 saturated heterocycles. The van der Waals surface area contributed by atoms with Crippen LogP contribution in [0, 0.1) is 0 Å². The van der Waals surface area contributed by atoms with Crippen molar-refractivity contribution >= 4 is 5.96 Å². The van der Waals surface area contributed by atoms with Crippen molar-refractivity contribution in [1.29, 1.82) is 0 Å². The molecular formula is C24H41N5O. The smallest absolute Gasteiger partial charge is 0.191 e. The van der Waals surface area contributed by atoms with Gasteiger partial charge in [0.05, 0.1) is 6.10 Å². The molecule has 0 saturated carbocycles. The summed E-state index contributed by atoms with van der Waals surface area (Å²) in [6.45, 7) is 9.59. The molecule has 0 aliphatic carbocycles. The summed E-state index contributed by atoms with van der Waals surface area (Å²) in [5.41, 5.74) is 1.40. The van der Waals surface area contributed by atoms with Crippen LogP contribution in [0.5, 0.6) is 0 Å². The minimum atomic E-state index is 0.416. The highest BCUT2D eigenvalue weighted by Crippen LogP contribution is 2.16. The summed E-state index contributed by atoms with van der Waals surface area (Å²) in [6.07, 6.45) is 7.79. The van der Waals surface area contributed by atoms with Gasteiger partial charge in [0, 0.05) is 52.9 Å². The zero-order valence-electron chi connectivity index (χ0n) is 18.8. The minimum Gasteiger partial charge on any atom is -0.378 e. The van der Waals surface area contributed by atoms with Crippen LogP contribution in [0.25, 0.3) is 0 Å². The lowest BCUT2D eigenvalue weighted by Gasteiger charge is -2.32. The van der Waals surface area contributed by atoms with Gasteiger partial charge in [-0.25, -0.2) is 0 Å². The minimum absolute atomic E-state index is 0.416. The van der Waals surface area contributed by atoms with Gasteiger partial charge in [0.25, 0.3) is 0 Å². The number of nitrogens with zero attached hydrogens (tertiary/aromatic N) is 3. The predicted octanol–water partition coefficient (Wildman–Crippen LogP) is 2.71. The SMILES string of the molecule is CN=C(NCCCOC1CCN(Cc2ccccc2)CC1)NCCN1CCCCC1. The molecule has 30 heavy (non-hydrogen) atoms. The van der Waals surface area contributed by atoms with Crippen molar-refractivity contribution in [3.8, 4) is 0 Å². The largest absolute Gasteiger partial charge is 0.378 e. The molecule has 168 valence electrons. The second-order valence-electron chi connectivity index (χ2n) is 8.51. The van der Waals surface area contributed by atoms with Crippen molar-refractivity contribution in [3.63, 3.8) is 0 Å². The van der Waals surface area contributed by atoms with Crippen LogP contribution in [0.2, 0.25) is 0 Å². The van der Waals surface area contributed by atoms with Crippen molar-refractivity contribution < 1.29 is 4.74 Å². The Hall–Kier alpha value is -1.63. The van der Waals surface area contributed by atoms with Gasteiger partial charge in [0.1, 0.15) is 0 Å². The summed E-state index contributed by atoms with van der Waals surface area (Å²) >= 11 is 0. The van der Waals surface area contributed by atoms with Gasteiger partial charge in [-0.15, -0.1) is 0 Å². The van der Waals surface area contributed by atoms with E-state index in [4.69, 9.17) is 4.74 Å². The molecular weight excluding hydrogens is 374 g/mol. The van der Waals surface area contributed by atoms with E-state index in [2.05, 4.69) is 55.8 Å². The highest BCUT2D eigenvalue weighted by atomic mass is 16.5. The van der Waals surface area contributed by atoms with Crippen LogP contribution in [-0.2, 0) is 11.3 Å². The average molecular weight is 416 g/mol. The van der Waals surface area contributed by atoms with E-state index >= 15 is 0 Å². The first kappa shape index (κ1) is 23.0. The molecule has 6 nitrogen and oxygen atoms in total. The maximum Gasteiger partial charge on any atom is 0.191 e. The van der Waals surface area contributed by atoms with Gasteiger partial charge in [-0.1, -0.05) is 36.8 Å². The zero-order chi connectivity index (χ0) is 20.9. The Bertz CT molecular complexity index is 595. The topological polar surface area (TPSA) is 52.1 Å². The molecule has 0 spiro atoms. The third-order valence-electron chi connectivity index (χ3n) is 6.14. The second-order valence-corrected chi connectivity index (χ2v) is 8.51. The molecule has 0 unspecified atom stereocenters. The van der Waals surface area contributed by atoms with Crippen molar-refractivity contribution in [3.05, 3.63) is 35.9 Å². The first-order valence-corrected chi connectivity index (χ1v) is 11.9. The number of hydrogen-bond acceptors (Lipinski definition) is 4. The molecule has 3 rings (SSSR count). The van der Waals surface area contributed by atoms with Gasteiger partial charge in [-0.2, -0.15) is 0 Å². The van der Waals surface area contributed by atoms with Gasteiger partial charge in [-0.3, -0.25) is 9.89 Å². The highest BCUT2D eigenvalue weighted by Gasteiger charge is 2.19. The molecule has 1 aromatic rings. The van der Waals surface area contributed by atoms with Crippen LogP contribution in [0.15, 0.2) is 35.3 Å². The third-order valence-corrected chi connectivity index (χ3v) is 6.14. The van der Waals surface area contributed by atoms with Crippen molar-refractivity contribution in [1.82, 2.24) is 20.4 Å². The number of rotatable bonds is 10. The molecule has 2 N–H and O–H groups in total. The number of aliphatic imine (C=N–C) groups is 1. The summed E-state index contributed by atoms with van der Waals surface area (Å²) in [4.78, 5) is 9.41. The molecule has 0 amide bonds. The average Bonchev–Trinajstić information content (AvgIpc) is 2.80. The van der Waals surface area contributed by atoms with Crippen LogP contribution in [-0.4, -0.2) is 81.3 Å². The van der Waals surface area contributed by atoms with Crippen LogP contribution >= 0.6 is 0 Å². The highest BCUT2D eigenvalue weighted by molar-refractivity contribution is 5.79. The first-order chi connectivity index (χ1) is 14.8. The first-order valence-electron chi connectivity index (χ1n) is 11.9. The summed E-state index contributed by atoms with van der Waals surface area (Å²) in [6, 6.07) is 10.8. The van der Waals surface area contributed by atoms with E-state index in [1.165, 1.54) is 37.9 Å². The number of piperidine rings is 2. The van der Waals surface area contributed by atoms with E-state index < -0.39 is 0 Å². The van der Waals surface area contributed by atoms with E-state index in [-0.39, 0.29) is 0 Å². The van der Waals surface area contributed by atoms with Crippen LogP contribution in [0.1, 0.15) is 44.1 Å². The zero-order valence-corrected chi connectivity index (χ0v) is 18.8. The van der Waals surface area contributed by atoms with E-state index in [0.717, 1.165) is 71.1 Å². The molecule has 2 heterocycles. The number of benzene rings is 1. The van der Waals surface area contributed by atoms with Gasteiger partial charge < -0.3 is 20.3 Å². The molecule has 2 aliphatic rings. The summed E-state index contributed by atoms with van der Waals surface area (Å²) in [5.74, 6) is 0.904. The number of likely N-dealkylation sites (tertiary alicyclic amines) is 2. The second kappa shape index (κ2) is 13.6. The monoisotopic (exact) mass is 415 g/mol. The van der Waals surface area contributed by atoms with E-state index in [0.29, 0.717) is 6.10 Å². The predicted molar refractivity (Wildman–Crippen MR) is 125 cm³/mol. The Kier molecular flexibility index (Phi) is 10.5. The summed E-state index contributed by atoms with van der Waals surface area (Å²) < 4.78 is 6.12. The standard InChI is InChI=1S/C24H41N5O/c1-25-24(27-14-19-28-15-6-3-7-16-28)26-13-8-20-30-23-11-17-29(18-12-23)21-22-9-4-2-5-10-22/h2,4-5,9-10,23H,3,6-8,11-21H2,1H3,(H2,25,26,27). The molecule has 0 aromatic heterocycles. The number of hydrogen-bond donors (Lipinski definition) is 2. The van der Waals surface area contributed by atoms with E-state index in [9.17, 15) is 0 Å². The Morgan fingerprint density at radius 3 is 2.43 bits per heavy atom. The summed E-state index contributed by atoms with van der Waals surface area (Å²) in [5, 5.41) is 6.84. The molecule has 0 bridgehead atoms. The van der Waals surface area contributed by atoms with Crippen LogP contribution < -0.4 is 10.6 Å². The van der Waals surface area contributed by atoms with Crippen molar-refractivity contribution in [2.45, 2.75) is 51.2 Å². The fourth-order valence-electron chi connectivity index (χ4n) is 4.34. The van der Waals surface area contributed by atoms with E-state index in [1.54, 1.807) is 0 Å². The maximum atomic E-state index is 6.12. The molecule has 2 fully saturated rings. The molecule has 6 heteroatoms. The van der Waals surface area contributed by atoms with Crippen LogP contribution in [0.3, 0.4) is 0 Å². The lowest BCUT2D eigenvalue weighted by Crippen LogP contribution is -2.43. The fraction of sp³-hybridized carbons (Fsp3) is 0.708.